The zero-order valence-electron chi connectivity index (χ0n) is 12.6. The predicted molar refractivity (Wildman–Crippen MR) is 79.1 cm³/mol. The van der Waals surface area contributed by atoms with Crippen LogP contribution in [-0.4, -0.2) is 19.0 Å². The minimum absolute atomic E-state index is 0.153. The predicted octanol–water partition coefficient (Wildman–Crippen LogP) is 4.11. The van der Waals surface area contributed by atoms with Gasteiger partial charge in [-0.3, -0.25) is 5.41 Å². The Morgan fingerprint density at radius 1 is 1.00 bits per heavy atom. The number of nitrogens with one attached hydrogen (secondary N) is 1. The lowest BCUT2D eigenvalue weighted by molar-refractivity contribution is 0.124. The van der Waals surface area contributed by atoms with E-state index in [1.807, 2.05) is 13.8 Å². The molecule has 0 aromatic carbocycles. The van der Waals surface area contributed by atoms with Crippen LogP contribution in [-0.2, 0) is 4.74 Å². The summed E-state index contributed by atoms with van der Waals surface area (Å²) < 4.78 is 5.60. The van der Waals surface area contributed by atoms with Crippen LogP contribution >= 0.6 is 0 Å². The van der Waals surface area contributed by atoms with E-state index in [1.54, 1.807) is 0 Å². The fourth-order valence-corrected chi connectivity index (χ4v) is 1.82. The van der Waals surface area contributed by atoms with Gasteiger partial charge in [0, 0.05) is 18.6 Å². The number of nitrogens with two attached hydrogens (primary N) is 1. The molecule has 0 heterocycles. The van der Waals surface area contributed by atoms with E-state index in [-0.39, 0.29) is 5.41 Å². The molecular formula is C15H32N2O. The molecule has 3 heteroatoms. The first-order valence-electron chi connectivity index (χ1n) is 7.43. The molecule has 0 bridgehead atoms. The van der Waals surface area contributed by atoms with Gasteiger partial charge in [0.2, 0.25) is 0 Å². The molecule has 0 aromatic rings. The van der Waals surface area contributed by atoms with Crippen molar-refractivity contribution < 1.29 is 4.74 Å². The molecule has 0 aromatic heterocycles. The van der Waals surface area contributed by atoms with Gasteiger partial charge in [0.1, 0.15) is 0 Å². The molecule has 0 rings (SSSR count). The van der Waals surface area contributed by atoms with Gasteiger partial charge in [-0.05, 0) is 19.3 Å². The van der Waals surface area contributed by atoms with Crippen molar-refractivity contribution in [3.05, 3.63) is 0 Å². The maximum absolute atomic E-state index is 7.47. The number of ether oxygens (including phenoxy) is 1. The maximum atomic E-state index is 7.47. The Bertz CT molecular complexity index is 215. The molecule has 18 heavy (non-hydrogen) atoms. The average Bonchev–Trinajstić information content (AvgIpc) is 2.31. The first-order valence-corrected chi connectivity index (χ1v) is 7.43. The third-order valence-corrected chi connectivity index (χ3v) is 3.46. The van der Waals surface area contributed by atoms with E-state index in [0.717, 1.165) is 32.5 Å². The second-order valence-corrected chi connectivity index (χ2v) is 5.78. The van der Waals surface area contributed by atoms with Crippen molar-refractivity contribution in [3.63, 3.8) is 0 Å². The van der Waals surface area contributed by atoms with Crippen molar-refractivity contribution in [3.8, 4) is 0 Å². The van der Waals surface area contributed by atoms with Gasteiger partial charge in [-0.15, -0.1) is 0 Å². The van der Waals surface area contributed by atoms with Gasteiger partial charge in [0.15, 0.2) is 0 Å². The van der Waals surface area contributed by atoms with Crippen LogP contribution in [0.1, 0.15) is 72.1 Å². The Kier molecular flexibility index (Phi) is 10.0. The SMILES string of the molecule is CCCCCCCOCCCCC(C)(C)C(=N)N. The third-order valence-electron chi connectivity index (χ3n) is 3.46. The fraction of sp³-hybridized carbons (Fsp3) is 0.933. The van der Waals surface area contributed by atoms with E-state index in [1.165, 1.54) is 32.1 Å². The van der Waals surface area contributed by atoms with E-state index in [0.29, 0.717) is 5.84 Å². The largest absolute Gasteiger partial charge is 0.387 e. The molecule has 0 amide bonds. The third kappa shape index (κ3) is 9.46. The molecule has 0 aliphatic carbocycles. The van der Waals surface area contributed by atoms with Gasteiger partial charge >= 0.3 is 0 Å². The van der Waals surface area contributed by atoms with Crippen molar-refractivity contribution in [2.45, 2.75) is 72.1 Å². The molecular weight excluding hydrogens is 224 g/mol. The number of hydrogen-bond acceptors (Lipinski definition) is 2. The Balaban J connectivity index is 3.24. The lowest BCUT2D eigenvalue weighted by Crippen LogP contribution is -2.30. The number of amidine groups is 1. The van der Waals surface area contributed by atoms with Gasteiger partial charge in [0.25, 0.3) is 0 Å². The summed E-state index contributed by atoms with van der Waals surface area (Å²) in [5.41, 5.74) is 5.39. The van der Waals surface area contributed by atoms with Crippen molar-refractivity contribution in [2.24, 2.45) is 11.1 Å². The van der Waals surface area contributed by atoms with Crippen LogP contribution in [0, 0.1) is 10.8 Å². The maximum Gasteiger partial charge on any atom is 0.0963 e. The highest BCUT2D eigenvalue weighted by Crippen LogP contribution is 2.22. The minimum atomic E-state index is -0.153. The second kappa shape index (κ2) is 10.4. The first-order chi connectivity index (χ1) is 8.50. The smallest absolute Gasteiger partial charge is 0.0963 e. The molecule has 0 saturated heterocycles. The van der Waals surface area contributed by atoms with E-state index in [2.05, 4.69) is 6.92 Å². The highest BCUT2D eigenvalue weighted by atomic mass is 16.5. The summed E-state index contributed by atoms with van der Waals surface area (Å²) in [6.07, 6.45) is 9.61. The molecule has 3 nitrogen and oxygen atoms in total. The zero-order chi connectivity index (χ0) is 13.9. The van der Waals surface area contributed by atoms with E-state index >= 15 is 0 Å². The molecule has 0 aliphatic heterocycles. The van der Waals surface area contributed by atoms with Crippen LogP contribution < -0.4 is 5.73 Å². The highest BCUT2D eigenvalue weighted by Gasteiger charge is 2.20. The summed E-state index contributed by atoms with van der Waals surface area (Å²) in [7, 11) is 0. The molecule has 0 atom stereocenters. The van der Waals surface area contributed by atoms with Gasteiger partial charge in [-0.1, -0.05) is 52.9 Å². The Hall–Kier alpha value is -0.570. The van der Waals surface area contributed by atoms with Crippen LogP contribution in [0.2, 0.25) is 0 Å². The second-order valence-electron chi connectivity index (χ2n) is 5.78. The number of unbranched alkanes of at least 4 members (excludes halogenated alkanes) is 5. The summed E-state index contributed by atoms with van der Waals surface area (Å²) >= 11 is 0. The summed E-state index contributed by atoms with van der Waals surface area (Å²) in [5.74, 6) is 0.291. The lowest BCUT2D eigenvalue weighted by Gasteiger charge is -2.22. The van der Waals surface area contributed by atoms with Crippen LogP contribution in [0.25, 0.3) is 0 Å². The van der Waals surface area contributed by atoms with Gasteiger partial charge in [-0.25, -0.2) is 0 Å². The average molecular weight is 256 g/mol. The molecule has 0 radical (unpaired) electrons. The summed E-state index contributed by atoms with van der Waals surface area (Å²) in [5, 5.41) is 7.47. The molecule has 3 N–H and O–H groups in total. The monoisotopic (exact) mass is 256 g/mol. The molecule has 0 aliphatic rings. The van der Waals surface area contributed by atoms with Crippen molar-refractivity contribution >= 4 is 5.84 Å². The topological polar surface area (TPSA) is 59.1 Å². The zero-order valence-corrected chi connectivity index (χ0v) is 12.6. The van der Waals surface area contributed by atoms with Crippen LogP contribution in [0.3, 0.4) is 0 Å². The molecule has 0 saturated carbocycles. The van der Waals surface area contributed by atoms with Crippen LogP contribution in [0.5, 0.6) is 0 Å². The minimum Gasteiger partial charge on any atom is -0.387 e. The molecule has 0 fully saturated rings. The summed E-state index contributed by atoms with van der Waals surface area (Å²) in [6, 6.07) is 0. The van der Waals surface area contributed by atoms with E-state index in [4.69, 9.17) is 15.9 Å². The molecule has 108 valence electrons. The Morgan fingerprint density at radius 3 is 2.11 bits per heavy atom. The lowest BCUT2D eigenvalue weighted by atomic mass is 9.86. The Labute approximate surface area is 113 Å². The van der Waals surface area contributed by atoms with E-state index < -0.39 is 0 Å². The fourth-order valence-electron chi connectivity index (χ4n) is 1.82. The van der Waals surface area contributed by atoms with Crippen molar-refractivity contribution in [2.75, 3.05) is 13.2 Å². The van der Waals surface area contributed by atoms with Crippen molar-refractivity contribution in [1.29, 1.82) is 5.41 Å². The van der Waals surface area contributed by atoms with Gasteiger partial charge in [0.05, 0.1) is 5.84 Å². The quantitative estimate of drug-likeness (QED) is 0.314. The molecule has 0 unspecified atom stereocenters. The normalized spacial score (nSPS) is 11.7. The number of hydrogen-bond donors (Lipinski definition) is 2. The Morgan fingerprint density at radius 2 is 1.56 bits per heavy atom. The molecule has 0 spiro atoms. The standard InChI is InChI=1S/C15H32N2O/c1-4-5-6-7-9-12-18-13-10-8-11-15(2,3)14(16)17/h4-13H2,1-3H3,(H3,16,17). The van der Waals surface area contributed by atoms with Crippen molar-refractivity contribution in [1.82, 2.24) is 0 Å². The summed E-state index contributed by atoms with van der Waals surface area (Å²) in [4.78, 5) is 0. The van der Waals surface area contributed by atoms with E-state index in [9.17, 15) is 0 Å². The highest BCUT2D eigenvalue weighted by molar-refractivity contribution is 5.82. The van der Waals surface area contributed by atoms with Crippen LogP contribution in [0.4, 0.5) is 0 Å². The first kappa shape index (κ1) is 17.4. The number of rotatable bonds is 12. The van der Waals surface area contributed by atoms with Gasteiger partial charge in [-0.2, -0.15) is 0 Å². The van der Waals surface area contributed by atoms with Gasteiger partial charge < -0.3 is 10.5 Å². The summed E-state index contributed by atoms with van der Waals surface area (Å²) in [6.45, 7) is 8.05. The van der Waals surface area contributed by atoms with Crippen LogP contribution in [0.15, 0.2) is 0 Å².